The van der Waals surface area contributed by atoms with Crippen LogP contribution in [0.4, 0.5) is 0 Å². The van der Waals surface area contributed by atoms with Gasteiger partial charge in [0.15, 0.2) is 0 Å². The molecule has 2 nitrogen and oxygen atoms in total. The second-order valence-electron chi connectivity index (χ2n) is 3.99. The summed E-state index contributed by atoms with van der Waals surface area (Å²) in [5.41, 5.74) is 0.135. The van der Waals surface area contributed by atoms with Crippen molar-refractivity contribution in [3.63, 3.8) is 0 Å². The van der Waals surface area contributed by atoms with Crippen molar-refractivity contribution < 1.29 is 5.11 Å². The molecular weight excluding hydrogens is 126 g/mol. The summed E-state index contributed by atoms with van der Waals surface area (Å²) in [5.74, 6) is 0. The fourth-order valence-electron chi connectivity index (χ4n) is 1.53. The summed E-state index contributed by atoms with van der Waals surface area (Å²) in [7, 11) is 0. The fraction of sp³-hybridized carbons (Fsp3) is 1.00. The van der Waals surface area contributed by atoms with Gasteiger partial charge >= 0.3 is 0 Å². The minimum Gasteiger partial charge on any atom is -0.378 e. The van der Waals surface area contributed by atoms with Crippen LogP contribution < -0.4 is 0 Å². The Morgan fingerprint density at radius 1 is 1.40 bits per heavy atom. The Balaban J connectivity index is 2.55. The summed E-state index contributed by atoms with van der Waals surface area (Å²) in [6, 6.07) is 0. The first-order valence-corrected chi connectivity index (χ1v) is 3.96. The highest BCUT2D eigenvalue weighted by molar-refractivity contribution is 4.82. The minimum absolute atomic E-state index is 0.135. The van der Waals surface area contributed by atoms with Gasteiger partial charge in [-0.05, 0) is 33.6 Å². The number of rotatable bonds is 0. The van der Waals surface area contributed by atoms with Crippen LogP contribution >= 0.6 is 0 Å². The number of likely N-dealkylation sites (tertiary alicyclic amines) is 1. The monoisotopic (exact) mass is 143 g/mol. The van der Waals surface area contributed by atoms with Crippen LogP contribution in [0.2, 0.25) is 0 Å². The topological polar surface area (TPSA) is 23.5 Å². The van der Waals surface area contributed by atoms with Crippen molar-refractivity contribution in [1.82, 2.24) is 4.90 Å². The first-order valence-electron chi connectivity index (χ1n) is 3.96. The first kappa shape index (κ1) is 8.02. The molecule has 0 radical (unpaired) electrons. The van der Waals surface area contributed by atoms with Gasteiger partial charge in [-0.15, -0.1) is 0 Å². The van der Waals surface area contributed by atoms with E-state index in [2.05, 4.69) is 25.7 Å². The van der Waals surface area contributed by atoms with Gasteiger partial charge < -0.3 is 5.11 Å². The molecule has 1 atom stereocenters. The van der Waals surface area contributed by atoms with E-state index in [1.54, 1.807) is 0 Å². The molecule has 0 aromatic carbocycles. The molecular formula is C8H17NO. The molecule has 1 aliphatic rings. The highest BCUT2D eigenvalue weighted by Gasteiger charge is 2.30. The average molecular weight is 143 g/mol. The maximum Gasteiger partial charge on any atom is 0.107 e. The van der Waals surface area contributed by atoms with E-state index in [4.69, 9.17) is 0 Å². The molecule has 1 saturated heterocycles. The number of hydrogen-bond acceptors (Lipinski definition) is 2. The Morgan fingerprint density at radius 2 is 2.00 bits per heavy atom. The standard InChI is InChI=1S/C8H17NO/c1-8(2,3)9-6-4-5-7(9)10/h7,10H,4-6H2,1-3H3/t7-/m0/s1. The normalized spacial score (nSPS) is 29.4. The van der Waals surface area contributed by atoms with E-state index >= 15 is 0 Å². The van der Waals surface area contributed by atoms with Crippen LogP contribution in [0.5, 0.6) is 0 Å². The summed E-state index contributed by atoms with van der Waals surface area (Å²) in [6.45, 7) is 7.47. The smallest absolute Gasteiger partial charge is 0.107 e. The Morgan fingerprint density at radius 3 is 2.20 bits per heavy atom. The fourth-order valence-corrected chi connectivity index (χ4v) is 1.53. The highest BCUT2D eigenvalue weighted by atomic mass is 16.3. The molecule has 0 aromatic heterocycles. The van der Waals surface area contributed by atoms with Crippen LogP contribution in [0.3, 0.4) is 0 Å². The van der Waals surface area contributed by atoms with Crippen molar-refractivity contribution in [2.24, 2.45) is 0 Å². The van der Waals surface area contributed by atoms with Gasteiger partial charge in [0.1, 0.15) is 6.23 Å². The minimum atomic E-state index is -0.194. The molecule has 1 N–H and O–H groups in total. The summed E-state index contributed by atoms with van der Waals surface area (Å²) >= 11 is 0. The van der Waals surface area contributed by atoms with E-state index in [-0.39, 0.29) is 11.8 Å². The van der Waals surface area contributed by atoms with E-state index in [0.29, 0.717) is 0 Å². The number of aliphatic hydroxyl groups is 1. The molecule has 1 rings (SSSR count). The van der Waals surface area contributed by atoms with Gasteiger partial charge in [-0.25, -0.2) is 0 Å². The molecule has 0 aromatic rings. The molecule has 0 saturated carbocycles. The Kier molecular flexibility index (Phi) is 2.02. The molecule has 1 aliphatic heterocycles. The van der Waals surface area contributed by atoms with Gasteiger partial charge in [0.25, 0.3) is 0 Å². The van der Waals surface area contributed by atoms with Crippen LogP contribution in [-0.4, -0.2) is 28.3 Å². The molecule has 0 amide bonds. The summed E-state index contributed by atoms with van der Waals surface area (Å²) in [4.78, 5) is 2.15. The highest BCUT2D eigenvalue weighted by Crippen LogP contribution is 2.24. The van der Waals surface area contributed by atoms with Crippen LogP contribution in [0.1, 0.15) is 33.6 Å². The predicted octanol–water partition coefficient (Wildman–Crippen LogP) is 1.20. The van der Waals surface area contributed by atoms with Crippen molar-refractivity contribution in [2.75, 3.05) is 6.54 Å². The predicted molar refractivity (Wildman–Crippen MR) is 41.7 cm³/mol. The van der Waals surface area contributed by atoms with Crippen LogP contribution in [0, 0.1) is 0 Å². The maximum absolute atomic E-state index is 9.45. The van der Waals surface area contributed by atoms with E-state index < -0.39 is 0 Å². The molecule has 0 spiro atoms. The quantitative estimate of drug-likeness (QED) is 0.550. The van der Waals surface area contributed by atoms with Crippen molar-refractivity contribution >= 4 is 0 Å². The first-order chi connectivity index (χ1) is 4.52. The third-order valence-electron chi connectivity index (χ3n) is 2.08. The second-order valence-corrected chi connectivity index (χ2v) is 3.99. The van der Waals surface area contributed by atoms with Gasteiger partial charge in [0.2, 0.25) is 0 Å². The van der Waals surface area contributed by atoms with Crippen molar-refractivity contribution in [2.45, 2.75) is 45.4 Å². The molecule has 0 aliphatic carbocycles. The van der Waals surface area contributed by atoms with Gasteiger partial charge in [-0.2, -0.15) is 0 Å². The zero-order chi connectivity index (χ0) is 7.78. The summed E-state index contributed by atoms with van der Waals surface area (Å²) in [5, 5.41) is 9.45. The largest absolute Gasteiger partial charge is 0.378 e. The van der Waals surface area contributed by atoms with Crippen LogP contribution in [-0.2, 0) is 0 Å². The zero-order valence-corrected chi connectivity index (χ0v) is 7.09. The van der Waals surface area contributed by atoms with Crippen molar-refractivity contribution in [3.8, 4) is 0 Å². The molecule has 0 bridgehead atoms. The molecule has 1 heterocycles. The van der Waals surface area contributed by atoms with Crippen molar-refractivity contribution in [3.05, 3.63) is 0 Å². The van der Waals surface area contributed by atoms with Gasteiger partial charge in [-0.3, -0.25) is 4.90 Å². The number of nitrogens with zero attached hydrogens (tertiary/aromatic N) is 1. The molecule has 1 fully saturated rings. The van der Waals surface area contributed by atoms with Gasteiger partial charge in [0.05, 0.1) is 0 Å². The summed E-state index contributed by atoms with van der Waals surface area (Å²) < 4.78 is 0. The Bertz CT molecular complexity index is 117. The number of aliphatic hydroxyl groups excluding tert-OH is 1. The Labute approximate surface area is 62.8 Å². The molecule has 2 heteroatoms. The SMILES string of the molecule is CC(C)(C)N1CCC[C@@H]1O. The third kappa shape index (κ3) is 1.50. The second kappa shape index (κ2) is 2.51. The van der Waals surface area contributed by atoms with E-state index in [1.165, 1.54) is 0 Å². The number of hydrogen-bond donors (Lipinski definition) is 1. The van der Waals surface area contributed by atoms with Crippen molar-refractivity contribution in [1.29, 1.82) is 0 Å². The molecule has 60 valence electrons. The lowest BCUT2D eigenvalue weighted by Gasteiger charge is -2.34. The van der Waals surface area contributed by atoms with Gasteiger partial charge in [-0.1, -0.05) is 0 Å². The third-order valence-corrected chi connectivity index (χ3v) is 2.08. The maximum atomic E-state index is 9.45. The Hall–Kier alpha value is -0.0800. The van der Waals surface area contributed by atoms with Crippen LogP contribution in [0.15, 0.2) is 0 Å². The lowest BCUT2D eigenvalue weighted by atomic mass is 10.1. The molecule has 10 heavy (non-hydrogen) atoms. The summed E-state index contributed by atoms with van der Waals surface area (Å²) in [6.07, 6.45) is 1.88. The average Bonchev–Trinajstić information content (AvgIpc) is 2.11. The van der Waals surface area contributed by atoms with Gasteiger partial charge in [0, 0.05) is 12.1 Å². The van der Waals surface area contributed by atoms with Crippen LogP contribution in [0.25, 0.3) is 0 Å². The lowest BCUT2D eigenvalue weighted by Crippen LogP contribution is -2.44. The molecule has 0 unspecified atom stereocenters. The van der Waals surface area contributed by atoms with E-state index in [9.17, 15) is 5.11 Å². The van der Waals surface area contributed by atoms with E-state index in [0.717, 1.165) is 19.4 Å². The lowest BCUT2D eigenvalue weighted by molar-refractivity contribution is -0.0178. The van der Waals surface area contributed by atoms with E-state index in [1.807, 2.05) is 0 Å². The zero-order valence-electron chi connectivity index (χ0n) is 7.09.